The Hall–Kier alpha value is -0.800. The maximum Gasteiger partial charge on any atom is 0.134 e. The third-order valence-electron chi connectivity index (χ3n) is 2.12. The summed E-state index contributed by atoms with van der Waals surface area (Å²) in [6.07, 6.45) is 1.61. The number of aliphatic hydroxyl groups excluding tert-OH is 1. The molecule has 0 unspecified atom stereocenters. The molecule has 1 rings (SSSR count). The van der Waals surface area contributed by atoms with Crippen LogP contribution in [0.25, 0.3) is 0 Å². The maximum atomic E-state index is 8.81. The zero-order valence-electron chi connectivity index (χ0n) is 9.50. The third kappa shape index (κ3) is 3.99. The van der Waals surface area contributed by atoms with Crippen LogP contribution in [0.3, 0.4) is 0 Å². The predicted molar refractivity (Wildman–Crippen MR) is 69.9 cm³/mol. The highest BCUT2D eigenvalue weighted by Gasteiger charge is 2.06. The van der Waals surface area contributed by atoms with Crippen LogP contribution in [0.4, 0.5) is 0 Å². The van der Waals surface area contributed by atoms with Crippen molar-refractivity contribution in [3.63, 3.8) is 0 Å². The minimum absolute atomic E-state index is 0.212. The molecule has 16 heavy (non-hydrogen) atoms. The Balaban J connectivity index is 2.73. The van der Waals surface area contributed by atoms with Crippen LogP contribution < -0.4 is 4.74 Å². The van der Waals surface area contributed by atoms with E-state index in [1.165, 1.54) is 0 Å². The van der Waals surface area contributed by atoms with Gasteiger partial charge >= 0.3 is 0 Å². The van der Waals surface area contributed by atoms with E-state index < -0.39 is 0 Å². The summed E-state index contributed by atoms with van der Waals surface area (Å²) in [5, 5.41) is 8.81. The fourth-order valence-electron chi connectivity index (χ4n) is 1.33. The SMILES string of the molecule is C=C(C)COc1cccc(CCCO)c1Br. The Bertz CT molecular complexity index is 361. The van der Waals surface area contributed by atoms with Crippen LogP contribution in [0.1, 0.15) is 18.9 Å². The number of rotatable bonds is 6. The van der Waals surface area contributed by atoms with E-state index in [0.29, 0.717) is 6.61 Å². The van der Waals surface area contributed by atoms with E-state index in [1.54, 1.807) is 0 Å². The van der Waals surface area contributed by atoms with E-state index in [1.807, 2.05) is 25.1 Å². The summed E-state index contributed by atoms with van der Waals surface area (Å²) in [7, 11) is 0. The van der Waals surface area contributed by atoms with Crippen LogP contribution in [0.15, 0.2) is 34.8 Å². The summed E-state index contributed by atoms with van der Waals surface area (Å²) >= 11 is 3.53. The van der Waals surface area contributed by atoms with E-state index in [2.05, 4.69) is 22.5 Å². The van der Waals surface area contributed by atoms with E-state index in [-0.39, 0.29) is 6.61 Å². The predicted octanol–water partition coefficient (Wildman–Crippen LogP) is 3.33. The van der Waals surface area contributed by atoms with Gasteiger partial charge in [0.05, 0.1) is 4.47 Å². The molecule has 0 radical (unpaired) electrons. The van der Waals surface area contributed by atoms with Crippen molar-refractivity contribution in [2.45, 2.75) is 19.8 Å². The summed E-state index contributed by atoms with van der Waals surface area (Å²) in [6.45, 7) is 6.47. The molecule has 0 fully saturated rings. The Morgan fingerprint density at radius 1 is 1.50 bits per heavy atom. The van der Waals surface area contributed by atoms with Crippen molar-refractivity contribution in [3.8, 4) is 5.75 Å². The lowest BCUT2D eigenvalue weighted by atomic mass is 10.1. The quantitative estimate of drug-likeness (QED) is 0.812. The fourth-order valence-corrected chi connectivity index (χ4v) is 1.91. The van der Waals surface area contributed by atoms with E-state index in [9.17, 15) is 0 Å². The molecule has 2 nitrogen and oxygen atoms in total. The topological polar surface area (TPSA) is 29.5 Å². The molecule has 0 saturated carbocycles. The third-order valence-corrected chi connectivity index (χ3v) is 3.02. The van der Waals surface area contributed by atoms with Gasteiger partial charge < -0.3 is 9.84 Å². The molecule has 0 spiro atoms. The molecule has 0 heterocycles. The second-order valence-electron chi connectivity index (χ2n) is 3.80. The lowest BCUT2D eigenvalue weighted by molar-refractivity contribution is 0.288. The van der Waals surface area contributed by atoms with Gasteiger partial charge in [0.1, 0.15) is 12.4 Å². The zero-order chi connectivity index (χ0) is 12.0. The Labute approximate surface area is 105 Å². The normalized spacial score (nSPS) is 10.2. The number of halogens is 1. The molecule has 0 amide bonds. The second-order valence-corrected chi connectivity index (χ2v) is 4.60. The van der Waals surface area contributed by atoms with Crippen LogP contribution in [-0.4, -0.2) is 18.3 Å². The van der Waals surface area contributed by atoms with Gasteiger partial charge in [0.25, 0.3) is 0 Å². The Morgan fingerprint density at radius 2 is 2.25 bits per heavy atom. The lowest BCUT2D eigenvalue weighted by Crippen LogP contribution is -2.00. The van der Waals surface area contributed by atoms with Crippen LogP contribution in [-0.2, 0) is 6.42 Å². The average Bonchev–Trinajstić information content (AvgIpc) is 2.26. The van der Waals surface area contributed by atoms with E-state index in [0.717, 1.165) is 34.2 Å². The summed E-state index contributed by atoms with van der Waals surface area (Å²) in [5.41, 5.74) is 2.15. The molecule has 88 valence electrons. The minimum atomic E-state index is 0.212. The molecule has 0 aromatic heterocycles. The molecule has 0 saturated heterocycles. The van der Waals surface area contributed by atoms with Gasteiger partial charge in [0.2, 0.25) is 0 Å². The van der Waals surface area contributed by atoms with Gasteiger partial charge in [0, 0.05) is 6.61 Å². The molecule has 0 bridgehead atoms. The van der Waals surface area contributed by atoms with Crippen molar-refractivity contribution in [1.82, 2.24) is 0 Å². The van der Waals surface area contributed by atoms with Crippen molar-refractivity contribution in [3.05, 3.63) is 40.4 Å². The van der Waals surface area contributed by atoms with Crippen molar-refractivity contribution in [1.29, 1.82) is 0 Å². The first kappa shape index (κ1) is 13.3. The largest absolute Gasteiger partial charge is 0.488 e. The molecule has 0 aliphatic rings. The van der Waals surface area contributed by atoms with Gasteiger partial charge in [-0.3, -0.25) is 0 Å². The first-order chi connectivity index (χ1) is 7.65. The summed E-state index contributed by atoms with van der Waals surface area (Å²) in [5.74, 6) is 0.832. The number of benzene rings is 1. The van der Waals surface area contributed by atoms with Crippen LogP contribution in [0, 0.1) is 0 Å². The summed E-state index contributed by atoms with van der Waals surface area (Å²) < 4.78 is 6.59. The number of aliphatic hydroxyl groups is 1. The van der Waals surface area contributed by atoms with E-state index in [4.69, 9.17) is 9.84 Å². The molecule has 3 heteroatoms. The first-order valence-corrected chi connectivity index (χ1v) is 6.10. The highest BCUT2D eigenvalue weighted by molar-refractivity contribution is 9.10. The Morgan fingerprint density at radius 3 is 2.88 bits per heavy atom. The standard InChI is InChI=1S/C13H17BrO2/c1-10(2)9-16-12-7-3-5-11(13(12)14)6-4-8-15/h3,5,7,15H,1,4,6,8-9H2,2H3. The number of hydrogen-bond acceptors (Lipinski definition) is 2. The van der Waals surface area contributed by atoms with E-state index >= 15 is 0 Å². The van der Waals surface area contributed by atoms with Gasteiger partial charge in [-0.1, -0.05) is 18.7 Å². The van der Waals surface area contributed by atoms with Crippen molar-refractivity contribution < 1.29 is 9.84 Å². The molecular weight excluding hydrogens is 268 g/mol. The second kappa shape index (κ2) is 6.71. The maximum absolute atomic E-state index is 8.81. The van der Waals surface area contributed by atoms with Crippen molar-refractivity contribution in [2.75, 3.05) is 13.2 Å². The smallest absolute Gasteiger partial charge is 0.134 e. The number of hydrogen-bond donors (Lipinski definition) is 1. The first-order valence-electron chi connectivity index (χ1n) is 5.30. The zero-order valence-corrected chi connectivity index (χ0v) is 11.1. The van der Waals surface area contributed by atoms with Gasteiger partial charge in [0.15, 0.2) is 0 Å². The summed E-state index contributed by atoms with van der Waals surface area (Å²) in [4.78, 5) is 0. The van der Waals surface area contributed by atoms with Gasteiger partial charge in [-0.2, -0.15) is 0 Å². The van der Waals surface area contributed by atoms with Crippen LogP contribution >= 0.6 is 15.9 Å². The van der Waals surface area contributed by atoms with Crippen molar-refractivity contribution in [2.24, 2.45) is 0 Å². The fraction of sp³-hybridized carbons (Fsp3) is 0.385. The van der Waals surface area contributed by atoms with Gasteiger partial charge in [-0.05, 0) is 52.9 Å². The van der Waals surface area contributed by atoms with Gasteiger partial charge in [-0.15, -0.1) is 0 Å². The minimum Gasteiger partial charge on any atom is -0.488 e. The monoisotopic (exact) mass is 284 g/mol. The van der Waals surface area contributed by atoms with Gasteiger partial charge in [-0.25, -0.2) is 0 Å². The highest BCUT2D eigenvalue weighted by Crippen LogP contribution is 2.29. The van der Waals surface area contributed by atoms with Crippen LogP contribution in [0.5, 0.6) is 5.75 Å². The molecule has 0 aliphatic heterocycles. The average molecular weight is 285 g/mol. The van der Waals surface area contributed by atoms with Crippen LogP contribution in [0.2, 0.25) is 0 Å². The molecule has 1 N–H and O–H groups in total. The highest BCUT2D eigenvalue weighted by atomic mass is 79.9. The number of ether oxygens (including phenoxy) is 1. The molecule has 0 atom stereocenters. The lowest BCUT2D eigenvalue weighted by Gasteiger charge is -2.11. The summed E-state index contributed by atoms with van der Waals surface area (Å²) in [6, 6.07) is 5.92. The molecule has 0 aliphatic carbocycles. The van der Waals surface area contributed by atoms with Crippen molar-refractivity contribution >= 4 is 15.9 Å². The Kier molecular flexibility index (Phi) is 5.56. The molecular formula is C13H17BrO2. The number of aryl methyl sites for hydroxylation is 1. The molecule has 1 aromatic rings. The molecule has 1 aromatic carbocycles.